The number of rotatable bonds is 5. The summed E-state index contributed by atoms with van der Waals surface area (Å²) < 4.78 is 0. The van der Waals surface area contributed by atoms with Crippen LogP contribution in [0.4, 0.5) is 0 Å². The molecule has 1 heterocycles. The highest BCUT2D eigenvalue weighted by atomic mass is 35.5. The molecule has 0 bridgehead atoms. The molecule has 2 fully saturated rings. The maximum Gasteiger partial charge on any atom is 0.314 e. The number of hydrogen-bond donors (Lipinski definition) is 1. The summed E-state index contributed by atoms with van der Waals surface area (Å²) in [6.45, 7) is 5.38. The van der Waals surface area contributed by atoms with Crippen molar-refractivity contribution in [3.63, 3.8) is 0 Å². The van der Waals surface area contributed by atoms with Crippen molar-refractivity contribution in [3.05, 3.63) is 71.8 Å². The van der Waals surface area contributed by atoms with Crippen LogP contribution >= 0.6 is 24.8 Å². The number of benzene rings is 2. The highest BCUT2D eigenvalue weighted by Gasteiger charge is 2.44. The summed E-state index contributed by atoms with van der Waals surface area (Å²) in [7, 11) is 0. The van der Waals surface area contributed by atoms with Crippen LogP contribution in [0.25, 0.3) is 0 Å². The van der Waals surface area contributed by atoms with Gasteiger partial charge in [-0.15, -0.1) is 24.8 Å². The maximum absolute atomic E-state index is 12.2. The molecule has 2 aliphatic rings. The predicted molar refractivity (Wildman–Crippen MR) is 126 cm³/mol. The second kappa shape index (κ2) is 11.1. The van der Waals surface area contributed by atoms with E-state index in [9.17, 15) is 9.90 Å². The summed E-state index contributed by atoms with van der Waals surface area (Å²) in [5.74, 6) is -0.662. The van der Waals surface area contributed by atoms with E-state index in [-0.39, 0.29) is 24.8 Å². The molecule has 0 amide bonds. The molecule has 2 aromatic rings. The molecule has 0 radical (unpaired) electrons. The van der Waals surface area contributed by atoms with Crippen LogP contribution in [0.2, 0.25) is 0 Å². The Kier molecular flexibility index (Phi) is 9.17. The zero-order valence-corrected chi connectivity index (χ0v) is 18.9. The van der Waals surface area contributed by atoms with E-state index >= 15 is 0 Å². The van der Waals surface area contributed by atoms with Gasteiger partial charge in [0.1, 0.15) is 0 Å². The topological polar surface area (TPSA) is 43.8 Å². The lowest BCUT2D eigenvalue weighted by atomic mass is 9.68. The first-order valence-corrected chi connectivity index (χ1v) is 10.5. The SMILES string of the molecule is Cl.Cl.O=C(O)[C@]1(c2ccccc2)CC[C@@H](N2CCN(Cc3ccccc3)CC2)CC1. The smallest absolute Gasteiger partial charge is 0.314 e. The van der Waals surface area contributed by atoms with E-state index in [2.05, 4.69) is 40.1 Å². The van der Waals surface area contributed by atoms with Gasteiger partial charge in [-0.05, 0) is 36.8 Å². The minimum Gasteiger partial charge on any atom is -0.481 e. The van der Waals surface area contributed by atoms with Crippen LogP contribution in [0.3, 0.4) is 0 Å². The minimum absolute atomic E-state index is 0. The Labute approximate surface area is 192 Å². The number of piperazine rings is 1. The van der Waals surface area contributed by atoms with E-state index in [0.717, 1.165) is 64.0 Å². The second-order valence-corrected chi connectivity index (χ2v) is 8.28. The van der Waals surface area contributed by atoms with Crippen molar-refractivity contribution in [2.75, 3.05) is 26.2 Å². The van der Waals surface area contributed by atoms with E-state index in [1.165, 1.54) is 5.56 Å². The van der Waals surface area contributed by atoms with Gasteiger partial charge in [-0.1, -0.05) is 60.7 Å². The second-order valence-electron chi connectivity index (χ2n) is 8.28. The number of carbonyl (C=O) groups is 1. The Morgan fingerprint density at radius 3 is 1.93 bits per heavy atom. The number of aliphatic carboxylic acids is 1. The fourth-order valence-corrected chi connectivity index (χ4v) is 4.97. The zero-order valence-electron chi connectivity index (χ0n) is 17.3. The van der Waals surface area contributed by atoms with Crippen LogP contribution in [-0.4, -0.2) is 53.1 Å². The molecule has 1 aliphatic carbocycles. The lowest BCUT2D eigenvalue weighted by molar-refractivity contribution is -0.146. The van der Waals surface area contributed by atoms with E-state index in [1.54, 1.807) is 0 Å². The average molecular weight is 451 g/mol. The van der Waals surface area contributed by atoms with Crippen LogP contribution < -0.4 is 0 Å². The van der Waals surface area contributed by atoms with Gasteiger partial charge in [0.25, 0.3) is 0 Å². The third-order valence-corrected chi connectivity index (χ3v) is 6.72. The fraction of sp³-hybridized carbons (Fsp3) is 0.458. The van der Waals surface area contributed by atoms with Crippen LogP contribution in [0.15, 0.2) is 60.7 Å². The number of nitrogens with zero attached hydrogens (tertiary/aromatic N) is 2. The molecule has 0 spiro atoms. The molecule has 0 aromatic heterocycles. The van der Waals surface area contributed by atoms with Crippen LogP contribution in [0, 0.1) is 0 Å². The molecule has 6 heteroatoms. The summed E-state index contributed by atoms with van der Waals surface area (Å²) in [6.07, 6.45) is 3.42. The molecule has 30 heavy (non-hydrogen) atoms. The third kappa shape index (κ3) is 5.36. The summed E-state index contributed by atoms with van der Waals surface area (Å²) in [5.41, 5.74) is 1.64. The summed E-state index contributed by atoms with van der Waals surface area (Å²) >= 11 is 0. The van der Waals surface area contributed by atoms with Gasteiger partial charge in [0, 0.05) is 38.8 Å². The van der Waals surface area contributed by atoms with E-state index < -0.39 is 11.4 Å². The molecule has 164 valence electrons. The monoisotopic (exact) mass is 450 g/mol. The minimum atomic E-state index is -0.701. The Hall–Kier alpha value is -1.59. The van der Waals surface area contributed by atoms with Crippen molar-refractivity contribution in [2.24, 2.45) is 0 Å². The highest BCUT2D eigenvalue weighted by molar-refractivity contribution is 5.85. The van der Waals surface area contributed by atoms with Gasteiger partial charge in [0.2, 0.25) is 0 Å². The van der Waals surface area contributed by atoms with Gasteiger partial charge in [0.15, 0.2) is 0 Å². The summed E-state index contributed by atoms with van der Waals surface area (Å²) in [4.78, 5) is 17.3. The first-order valence-electron chi connectivity index (χ1n) is 10.5. The Bertz CT molecular complexity index is 772. The predicted octanol–water partition coefficient (Wildman–Crippen LogP) is 4.61. The van der Waals surface area contributed by atoms with Gasteiger partial charge < -0.3 is 5.11 Å². The fourth-order valence-electron chi connectivity index (χ4n) is 4.97. The number of hydrogen-bond acceptors (Lipinski definition) is 3. The molecule has 2 aromatic carbocycles. The van der Waals surface area contributed by atoms with E-state index in [1.807, 2.05) is 30.3 Å². The molecular formula is C24H32Cl2N2O2. The van der Waals surface area contributed by atoms with Gasteiger partial charge in [0.05, 0.1) is 5.41 Å². The number of carboxylic acids is 1. The molecule has 4 nitrogen and oxygen atoms in total. The first kappa shape index (κ1) is 24.7. The zero-order chi connectivity index (χ0) is 19.4. The van der Waals surface area contributed by atoms with Crippen molar-refractivity contribution >= 4 is 30.8 Å². The van der Waals surface area contributed by atoms with Crippen molar-refractivity contribution in [3.8, 4) is 0 Å². The lowest BCUT2D eigenvalue weighted by Gasteiger charge is -2.44. The summed E-state index contributed by atoms with van der Waals surface area (Å²) in [6, 6.07) is 21.0. The summed E-state index contributed by atoms with van der Waals surface area (Å²) in [5, 5.41) is 9.99. The first-order chi connectivity index (χ1) is 13.7. The molecule has 1 N–H and O–H groups in total. The number of halogens is 2. The molecule has 1 saturated heterocycles. The van der Waals surface area contributed by atoms with Crippen molar-refractivity contribution < 1.29 is 9.90 Å². The molecule has 1 saturated carbocycles. The van der Waals surface area contributed by atoms with E-state index in [4.69, 9.17) is 0 Å². The van der Waals surface area contributed by atoms with Gasteiger partial charge in [-0.3, -0.25) is 14.6 Å². The van der Waals surface area contributed by atoms with Crippen molar-refractivity contribution in [1.29, 1.82) is 0 Å². The van der Waals surface area contributed by atoms with Crippen LogP contribution in [0.5, 0.6) is 0 Å². The average Bonchev–Trinajstić information content (AvgIpc) is 2.76. The third-order valence-electron chi connectivity index (χ3n) is 6.72. The Morgan fingerprint density at radius 1 is 0.867 bits per heavy atom. The van der Waals surface area contributed by atoms with Crippen molar-refractivity contribution in [2.45, 2.75) is 43.7 Å². The van der Waals surface area contributed by atoms with Crippen LogP contribution in [-0.2, 0) is 16.8 Å². The Balaban J connectivity index is 0.00000160. The van der Waals surface area contributed by atoms with Gasteiger partial charge in [-0.25, -0.2) is 0 Å². The standard InChI is InChI=1S/C24H30N2O2.2ClH/c27-23(28)24(21-9-5-2-6-10-21)13-11-22(12-14-24)26-17-15-25(16-18-26)19-20-7-3-1-4-8-20;;/h1-10,22H,11-19H2,(H,27,28);2*1H/t22-,24-;;. The molecule has 1 aliphatic heterocycles. The van der Waals surface area contributed by atoms with Crippen LogP contribution in [0.1, 0.15) is 36.8 Å². The molecule has 4 rings (SSSR count). The van der Waals surface area contributed by atoms with E-state index in [0.29, 0.717) is 6.04 Å². The lowest BCUT2D eigenvalue weighted by Crippen LogP contribution is -2.52. The Morgan fingerprint density at radius 2 is 1.40 bits per heavy atom. The quantitative estimate of drug-likeness (QED) is 0.721. The molecule has 0 atom stereocenters. The maximum atomic E-state index is 12.2. The van der Waals surface area contributed by atoms with Crippen molar-refractivity contribution in [1.82, 2.24) is 9.80 Å². The number of carboxylic acid groups (broad SMARTS) is 1. The molecular weight excluding hydrogens is 419 g/mol. The van der Waals surface area contributed by atoms with Gasteiger partial charge >= 0.3 is 5.97 Å². The highest BCUT2D eigenvalue weighted by Crippen LogP contribution is 2.41. The molecule has 0 unspecified atom stereocenters. The largest absolute Gasteiger partial charge is 0.481 e. The van der Waals surface area contributed by atoms with Gasteiger partial charge in [-0.2, -0.15) is 0 Å². The normalized spacial score (nSPS) is 25.0.